The molecule has 7 heteroatoms. The molecule has 1 aromatic heterocycles. The van der Waals surface area contributed by atoms with Crippen LogP contribution in [-0.2, 0) is 13.2 Å². The number of rotatable bonds is 6. The third kappa shape index (κ3) is 5.29. The maximum Gasteiger partial charge on any atom is 0.289 e. The topological polar surface area (TPSA) is 70.3 Å². The summed E-state index contributed by atoms with van der Waals surface area (Å²) in [5.41, 5.74) is 2.20. The quantitative estimate of drug-likeness (QED) is 0.478. The first-order valence-corrected chi connectivity index (χ1v) is 10.8. The van der Waals surface area contributed by atoms with E-state index in [4.69, 9.17) is 9.15 Å². The number of nitrogens with zero attached hydrogens (tertiary/aromatic N) is 3. The van der Waals surface area contributed by atoms with E-state index in [2.05, 4.69) is 33.4 Å². The second-order valence-corrected chi connectivity index (χ2v) is 7.54. The molecule has 32 heavy (non-hydrogen) atoms. The maximum atomic E-state index is 12.5. The lowest BCUT2D eigenvalue weighted by Gasteiger charge is -2.36. The molecule has 0 atom stereocenters. The van der Waals surface area contributed by atoms with Crippen LogP contribution in [0.3, 0.4) is 0 Å². The highest BCUT2D eigenvalue weighted by molar-refractivity contribution is 5.91. The molecule has 4 rings (SSSR count). The van der Waals surface area contributed by atoms with Crippen LogP contribution in [0.5, 0.6) is 5.75 Å². The van der Waals surface area contributed by atoms with Crippen molar-refractivity contribution in [3.63, 3.8) is 0 Å². The number of furan rings is 1. The fourth-order valence-electron chi connectivity index (χ4n) is 3.71. The minimum atomic E-state index is -0.0675. The molecular weight excluding hydrogens is 404 g/mol. The van der Waals surface area contributed by atoms with Crippen molar-refractivity contribution in [1.29, 1.82) is 0 Å². The highest BCUT2D eigenvalue weighted by Crippen LogP contribution is 2.19. The SMILES string of the molecule is CN=C(NCc1ccccc1OCc1ccccc1)N1CCN(C(=O)c2ccco2)CC1. The van der Waals surface area contributed by atoms with Gasteiger partial charge in [0, 0.05) is 45.3 Å². The molecule has 1 aliphatic rings. The molecule has 3 aromatic rings. The molecular formula is C25H28N4O3. The summed E-state index contributed by atoms with van der Waals surface area (Å²) in [6.45, 7) is 3.78. The van der Waals surface area contributed by atoms with Crippen LogP contribution in [-0.4, -0.2) is 54.9 Å². The van der Waals surface area contributed by atoms with Crippen LogP contribution >= 0.6 is 0 Å². The van der Waals surface area contributed by atoms with E-state index < -0.39 is 0 Å². The Balaban J connectivity index is 1.31. The minimum absolute atomic E-state index is 0.0675. The monoisotopic (exact) mass is 432 g/mol. The van der Waals surface area contributed by atoms with Crippen LogP contribution in [0.2, 0.25) is 0 Å². The second kappa shape index (κ2) is 10.5. The molecule has 0 radical (unpaired) electrons. The van der Waals surface area contributed by atoms with Gasteiger partial charge in [0.05, 0.1) is 6.26 Å². The summed E-state index contributed by atoms with van der Waals surface area (Å²) in [5, 5.41) is 3.44. The summed E-state index contributed by atoms with van der Waals surface area (Å²) in [5.74, 6) is 1.98. The van der Waals surface area contributed by atoms with Crippen molar-refractivity contribution in [2.24, 2.45) is 4.99 Å². The Morgan fingerprint density at radius 1 is 0.969 bits per heavy atom. The number of nitrogens with one attached hydrogen (secondary N) is 1. The van der Waals surface area contributed by atoms with E-state index in [-0.39, 0.29) is 5.91 Å². The number of amides is 1. The number of hydrogen-bond donors (Lipinski definition) is 1. The van der Waals surface area contributed by atoms with Gasteiger partial charge in [0.25, 0.3) is 5.91 Å². The summed E-state index contributed by atoms with van der Waals surface area (Å²) in [4.78, 5) is 20.9. The molecule has 1 amide bonds. The Morgan fingerprint density at radius 3 is 2.41 bits per heavy atom. The van der Waals surface area contributed by atoms with Crippen LogP contribution in [0.15, 0.2) is 82.4 Å². The van der Waals surface area contributed by atoms with Crippen LogP contribution < -0.4 is 10.1 Å². The van der Waals surface area contributed by atoms with Crippen LogP contribution in [0.25, 0.3) is 0 Å². The van der Waals surface area contributed by atoms with Gasteiger partial charge in [-0.05, 0) is 23.8 Å². The van der Waals surface area contributed by atoms with Crippen LogP contribution in [0, 0.1) is 0 Å². The molecule has 0 spiro atoms. The van der Waals surface area contributed by atoms with Gasteiger partial charge < -0.3 is 24.3 Å². The molecule has 1 aliphatic heterocycles. The van der Waals surface area contributed by atoms with E-state index in [1.165, 1.54) is 6.26 Å². The predicted molar refractivity (Wildman–Crippen MR) is 124 cm³/mol. The van der Waals surface area contributed by atoms with Crippen molar-refractivity contribution in [2.75, 3.05) is 33.2 Å². The molecule has 1 N–H and O–H groups in total. The zero-order chi connectivity index (χ0) is 22.2. The number of aliphatic imine (C=N–C) groups is 1. The van der Waals surface area contributed by atoms with Gasteiger partial charge in [-0.25, -0.2) is 0 Å². The number of ether oxygens (including phenoxy) is 1. The average molecular weight is 433 g/mol. The Morgan fingerprint density at radius 2 is 1.69 bits per heavy atom. The Labute approximate surface area is 188 Å². The van der Waals surface area contributed by atoms with Gasteiger partial charge in [0.15, 0.2) is 11.7 Å². The van der Waals surface area contributed by atoms with Crippen molar-refractivity contribution in [1.82, 2.24) is 15.1 Å². The first kappa shape index (κ1) is 21.5. The number of carbonyl (C=O) groups excluding carboxylic acids is 1. The third-order valence-electron chi connectivity index (χ3n) is 5.46. The van der Waals surface area contributed by atoms with Crippen molar-refractivity contribution in [3.05, 3.63) is 89.9 Å². The van der Waals surface area contributed by atoms with Crippen LogP contribution in [0.4, 0.5) is 0 Å². The molecule has 0 saturated carbocycles. The normalized spacial score (nSPS) is 14.3. The predicted octanol–water partition coefficient (Wildman–Crippen LogP) is 3.39. The Kier molecular flexibility index (Phi) is 7.07. The molecule has 166 valence electrons. The number of hydrogen-bond acceptors (Lipinski definition) is 4. The summed E-state index contributed by atoms with van der Waals surface area (Å²) >= 11 is 0. The number of piperazine rings is 1. The smallest absolute Gasteiger partial charge is 0.289 e. The largest absolute Gasteiger partial charge is 0.489 e. The molecule has 2 heterocycles. The van der Waals surface area contributed by atoms with E-state index in [1.807, 2.05) is 41.3 Å². The molecule has 2 aromatic carbocycles. The summed E-state index contributed by atoms with van der Waals surface area (Å²) in [6, 6.07) is 21.6. The highest BCUT2D eigenvalue weighted by atomic mass is 16.5. The maximum absolute atomic E-state index is 12.5. The zero-order valence-corrected chi connectivity index (χ0v) is 18.2. The minimum Gasteiger partial charge on any atom is -0.489 e. The molecule has 7 nitrogen and oxygen atoms in total. The lowest BCUT2D eigenvalue weighted by Crippen LogP contribution is -2.53. The molecule has 0 unspecified atom stereocenters. The molecule has 0 bridgehead atoms. The van der Waals surface area contributed by atoms with Crippen molar-refractivity contribution in [3.8, 4) is 5.75 Å². The van der Waals surface area contributed by atoms with Gasteiger partial charge in [0.2, 0.25) is 0 Å². The lowest BCUT2D eigenvalue weighted by atomic mass is 10.2. The van der Waals surface area contributed by atoms with Gasteiger partial charge in [-0.15, -0.1) is 0 Å². The first-order valence-electron chi connectivity index (χ1n) is 10.8. The van der Waals surface area contributed by atoms with Crippen LogP contribution in [0.1, 0.15) is 21.7 Å². The van der Waals surface area contributed by atoms with Crippen molar-refractivity contribution in [2.45, 2.75) is 13.2 Å². The van der Waals surface area contributed by atoms with Gasteiger partial charge in [-0.2, -0.15) is 0 Å². The highest BCUT2D eigenvalue weighted by Gasteiger charge is 2.25. The van der Waals surface area contributed by atoms with Crippen molar-refractivity contribution >= 4 is 11.9 Å². The van der Waals surface area contributed by atoms with E-state index >= 15 is 0 Å². The zero-order valence-electron chi connectivity index (χ0n) is 18.2. The average Bonchev–Trinajstić information content (AvgIpc) is 3.39. The second-order valence-electron chi connectivity index (χ2n) is 7.54. The Bertz CT molecular complexity index is 1030. The summed E-state index contributed by atoms with van der Waals surface area (Å²) in [6.07, 6.45) is 1.52. The number of benzene rings is 2. The van der Waals surface area contributed by atoms with Gasteiger partial charge >= 0.3 is 0 Å². The number of para-hydroxylation sites is 1. The third-order valence-corrected chi connectivity index (χ3v) is 5.46. The molecule has 1 fully saturated rings. The standard InChI is InChI=1S/C25H28N4O3/c1-26-25(29-15-13-28(14-16-29)24(30)23-12-7-17-31-23)27-18-21-10-5-6-11-22(21)32-19-20-8-3-2-4-9-20/h2-12,17H,13-16,18-19H2,1H3,(H,26,27). The lowest BCUT2D eigenvalue weighted by molar-refractivity contribution is 0.0657. The van der Waals surface area contributed by atoms with E-state index in [0.717, 1.165) is 22.8 Å². The number of guanidine groups is 1. The van der Waals surface area contributed by atoms with Gasteiger partial charge in [-0.3, -0.25) is 9.79 Å². The van der Waals surface area contributed by atoms with E-state index in [0.29, 0.717) is 45.1 Å². The molecule has 1 saturated heterocycles. The first-order chi connectivity index (χ1) is 15.7. The fraction of sp³-hybridized carbons (Fsp3) is 0.280. The summed E-state index contributed by atoms with van der Waals surface area (Å²) in [7, 11) is 1.78. The number of carbonyl (C=O) groups is 1. The summed E-state index contributed by atoms with van der Waals surface area (Å²) < 4.78 is 11.3. The van der Waals surface area contributed by atoms with E-state index in [1.54, 1.807) is 19.2 Å². The van der Waals surface area contributed by atoms with Gasteiger partial charge in [0.1, 0.15) is 12.4 Å². The van der Waals surface area contributed by atoms with E-state index in [9.17, 15) is 4.79 Å². The van der Waals surface area contributed by atoms with Crippen molar-refractivity contribution < 1.29 is 13.9 Å². The fourth-order valence-corrected chi connectivity index (χ4v) is 3.71. The van der Waals surface area contributed by atoms with Gasteiger partial charge in [-0.1, -0.05) is 48.5 Å². The Hall–Kier alpha value is -3.74. The molecule has 0 aliphatic carbocycles.